The molecule has 0 aliphatic heterocycles. The highest BCUT2D eigenvalue weighted by Gasteiger charge is 2.22. The molecule has 0 atom stereocenters. The summed E-state index contributed by atoms with van der Waals surface area (Å²) in [7, 11) is 0. The van der Waals surface area contributed by atoms with Gasteiger partial charge in [-0.25, -0.2) is 0 Å². The fourth-order valence-corrected chi connectivity index (χ4v) is 4.62. The summed E-state index contributed by atoms with van der Waals surface area (Å²) in [5.74, 6) is -0.137. The lowest BCUT2D eigenvalue weighted by Gasteiger charge is -2.28. The molecule has 0 saturated heterocycles. The molecule has 0 aliphatic carbocycles. The van der Waals surface area contributed by atoms with Crippen molar-refractivity contribution < 1.29 is 9.59 Å². The van der Waals surface area contributed by atoms with Crippen LogP contribution >= 0.6 is 31.9 Å². The fraction of sp³-hybridized carbons (Fsp3) is 0.357. The van der Waals surface area contributed by atoms with E-state index in [1.165, 1.54) is 5.56 Å². The summed E-state index contributed by atoms with van der Waals surface area (Å²) < 4.78 is 4.09. The van der Waals surface area contributed by atoms with Gasteiger partial charge in [0.05, 0.1) is 6.54 Å². The van der Waals surface area contributed by atoms with Crippen molar-refractivity contribution in [2.75, 3.05) is 19.6 Å². The van der Waals surface area contributed by atoms with E-state index >= 15 is 0 Å². The average Bonchev–Trinajstić information content (AvgIpc) is 3.28. The average molecular weight is 603 g/mol. The zero-order valence-electron chi connectivity index (χ0n) is 20.4. The molecule has 35 heavy (non-hydrogen) atoms. The Balaban J connectivity index is 1.74. The van der Waals surface area contributed by atoms with Crippen molar-refractivity contribution in [2.45, 2.75) is 46.2 Å². The maximum Gasteiger partial charge on any atom is 0.254 e. The molecule has 3 aromatic rings. The number of halogens is 2. The summed E-state index contributed by atoms with van der Waals surface area (Å²) >= 11 is 6.93. The Morgan fingerprint density at radius 2 is 1.63 bits per heavy atom. The highest BCUT2D eigenvalue weighted by atomic mass is 79.9. The Hall–Kier alpha value is -2.38. The third-order valence-corrected chi connectivity index (χ3v) is 6.88. The second kappa shape index (κ2) is 13.6. The molecule has 186 valence electrons. The minimum atomic E-state index is -0.115. The van der Waals surface area contributed by atoms with Gasteiger partial charge in [0.2, 0.25) is 5.91 Å². The van der Waals surface area contributed by atoms with Crippen LogP contribution in [0.3, 0.4) is 0 Å². The number of aromatic nitrogens is 1. The number of carbonyl (C=O) groups is 2. The molecule has 0 bridgehead atoms. The number of rotatable bonds is 12. The van der Waals surface area contributed by atoms with Crippen molar-refractivity contribution in [3.05, 3.63) is 92.6 Å². The molecule has 2 amide bonds. The first-order valence-electron chi connectivity index (χ1n) is 12.1. The number of amides is 2. The topological polar surface area (TPSA) is 45.6 Å². The Morgan fingerprint density at radius 1 is 0.857 bits per heavy atom. The van der Waals surface area contributed by atoms with E-state index in [1.54, 1.807) is 17.0 Å². The molecular weight excluding hydrogens is 570 g/mol. The van der Waals surface area contributed by atoms with Crippen LogP contribution < -0.4 is 0 Å². The molecule has 0 spiro atoms. The van der Waals surface area contributed by atoms with Crippen LogP contribution in [0, 0.1) is 0 Å². The van der Waals surface area contributed by atoms with Gasteiger partial charge in [-0.3, -0.25) is 9.59 Å². The van der Waals surface area contributed by atoms with Crippen molar-refractivity contribution in [3.8, 4) is 0 Å². The number of unbranched alkanes of at least 4 members (excludes halogenated alkanes) is 1. The summed E-state index contributed by atoms with van der Waals surface area (Å²) in [5.41, 5.74) is 2.87. The predicted octanol–water partition coefficient (Wildman–Crippen LogP) is 6.74. The van der Waals surface area contributed by atoms with Crippen LogP contribution in [-0.2, 0) is 17.9 Å². The first-order chi connectivity index (χ1) is 16.9. The second-order valence-electron chi connectivity index (χ2n) is 8.66. The largest absolute Gasteiger partial charge is 0.345 e. The molecule has 0 saturated carbocycles. The number of hydrogen-bond acceptors (Lipinski definition) is 2. The van der Waals surface area contributed by atoms with E-state index in [-0.39, 0.29) is 18.4 Å². The van der Waals surface area contributed by atoms with E-state index in [2.05, 4.69) is 67.7 Å². The molecular formula is C28H33Br2N3O2. The SMILES string of the molecule is CCCCN(Cc1cccn1Cc1ccc(Br)cc1)C(=O)CN(CCC)C(=O)c1cccc(Br)c1. The summed E-state index contributed by atoms with van der Waals surface area (Å²) in [6.07, 6.45) is 4.77. The molecule has 0 unspecified atom stereocenters. The maximum atomic E-state index is 13.5. The lowest BCUT2D eigenvalue weighted by molar-refractivity contribution is -0.132. The third-order valence-electron chi connectivity index (χ3n) is 5.86. The minimum Gasteiger partial charge on any atom is -0.345 e. The van der Waals surface area contributed by atoms with Crippen LogP contribution in [0.4, 0.5) is 0 Å². The number of hydrogen-bond donors (Lipinski definition) is 0. The van der Waals surface area contributed by atoms with Crippen LogP contribution in [-0.4, -0.2) is 45.8 Å². The van der Waals surface area contributed by atoms with Gasteiger partial charge in [-0.15, -0.1) is 0 Å². The molecule has 7 heteroatoms. The van der Waals surface area contributed by atoms with Gasteiger partial charge >= 0.3 is 0 Å². The lowest BCUT2D eigenvalue weighted by atomic mass is 10.2. The van der Waals surface area contributed by atoms with Gasteiger partial charge in [-0.05, 0) is 60.9 Å². The van der Waals surface area contributed by atoms with Gasteiger partial charge in [-0.2, -0.15) is 0 Å². The van der Waals surface area contributed by atoms with Crippen molar-refractivity contribution in [1.82, 2.24) is 14.4 Å². The Labute approximate surface area is 225 Å². The number of benzene rings is 2. The first kappa shape index (κ1) is 27.2. The van der Waals surface area contributed by atoms with Crippen LogP contribution in [0.1, 0.15) is 54.7 Å². The van der Waals surface area contributed by atoms with Gasteiger partial charge in [0, 0.05) is 46.0 Å². The van der Waals surface area contributed by atoms with E-state index in [1.807, 2.05) is 42.2 Å². The summed E-state index contributed by atoms with van der Waals surface area (Å²) in [5, 5.41) is 0. The highest BCUT2D eigenvalue weighted by Crippen LogP contribution is 2.17. The first-order valence-corrected chi connectivity index (χ1v) is 13.7. The maximum absolute atomic E-state index is 13.5. The summed E-state index contributed by atoms with van der Waals surface area (Å²) in [6, 6.07) is 19.7. The number of nitrogens with zero attached hydrogens (tertiary/aromatic N) is 3. The molecule has 1 heterocycles. The highest BCUT2D eigenvalue weighted by molar-refractivity contribution is 9.10. The van der Waals surface area contributed by atoms with Gasteiger partial charge in [0.25, 0.3) is 5.91 Å². The van der Waals surface area contributed by atoms with Crippen LogP contribution in [0.15, 0.2) is 75.8 Å². The van der Waals surface area contributed by atoms with Gasteiger partial charge in [0.1, 0.15) is 6.54 Å². The summed E-state index contributed by atoms with van der Waals surface area (Å²) in [6.45, 7) is 6.70. The normalized spacial score (nSPS) is 10.9. The molecule has 1 aromatic heterocycles. The van der Waals surface area contributed by atoms with E-state index in [0.717, 1.165) is 40.4 Å². The van der Waals surface area contributed by atoms with E-state index in [4.69, 9.17) is 0 Å². The van der Waals surface area contributed by atoms with Crippen molar-refractivity contribution in [2.24, 2.45) is 0 Å². The zero-order chi connectivity index (χ0) is 25.2. The minimum absolute atomic E-state index is 0.0216. The molecule has 3 rings (SSSR count). The lowest BCUT2D eigenvalue weighted by Crippen LogP contribution is -2.43. The van der Waals surface area contributed by atoms with Crippen molar-refractivity contribution in [1.29, 1.82) is 0 Å². The molecule has 0 aliphatic rings. The molecule has 0 N–H and O–H groups in total. The fourth-order valence-electron chi connectivity index (χ4n) is 3.96. The van der Waals surface area contributed by atoms with E-state index < -0.39 is 0 Å². The number of carbonyl (C=O) groups excluding carboxylic acids is 2. The molecule has 5 nitrogen and oxygen atoms in total. The van der Waals surface area contributed by atoms with Crippen LogP contribution in [0.2, 0.25) is 0 Å². The van der Waals surface area contributed by atoms with Gasteiger partial charge in [0.15, 0.2) is 0 Å². The van der Waals surface area contributed by atoms with Crippen molar-refractivity contribution in [3.63, 3.8) is 0 Å². The summed E-state index contributed by atoms with van der Waals surface area (Å²) in [4.78, 5) is 30.2. The molecule has 0 fully saturated rings. The molecule has 2 aromatic carbocycles. The van der Waals surface area contributed by atoms with Gasteiger partial charge < -0.3 is 14.4 Å². The second-order valence-corrected chi connectivity index (χ2v) is 10.5. The standard InChI is InChI=1S/C28H33Br2N3O2/c1-3-5-16-32(20-26-10-7-17-31(26)19-22-11-13-24(29)14-12-22)27(34)21-33(15-4-2)28(35)23-8-6-9-25(30)18-23/h6-14,17-18H,3-5,15-16,19-21H2,1-2H3. The molecule has 0 radical (unpaired) electrons. The van der Waals surface area contributed by atoms with E-state index in [0.29, 0.717) is 25.2 Å². The Bertz CT molecular complexity index is 1110. The van der Waals surface area contributed by atoms with E-state index in [9.17, 15) is 9.59 Å². The van der Waals surface area contributed by atoms with Gasteiger partial charge in [-0.1, -0.05) is 70.3 Å². The third kappa shape index (κ3) is 8.07. The quantitative estimate of drug-likeness (QED) is 0.230. The van der Waals surface area contributed by atoms with Crippen LogP contribution in [0.25, 0.3) is 0 Å². The zero-order valence-corrected chi connectivity index (χ0v) is 23.6. The Kier molecular flexibility index (Phi) is 10.6. The van der Waals surface area contributed by atoms with Crippen molar-refractivity contribution >= 4 is 43.7 Å². The predicted molar refractivity (Wildman–Crippen MR) is 148 cm³/mol. The monoisotopic (exact) mass is 601 g/mol. The Morgan fingerprint density at radius 3 is 2.31 bits per heavy atom. The smallest absolute Gasteiger partial charge is 0.254 e. The van der Waals surface area contributed by atoms with Crippen LogP contribution in [0.5, 0.6) is 0 Å².